The van der Waals surface area contributed by atoms with Gasteiger partial charge in [0.2, 0.25) is 0 Å². The lowest BCUT2D eigenvalue weighted by atomic mass is 9.71. The quantitative estimate of drug-likeness (QED) is 0.754. The Kier molecular flexibility index (Phi) is 6.78. The molecule has 0 heterocycles. The molecule has 0 aromatic heterocycles. The van der Waals surface area contributed by atoms with E-state index in [1.807, 2.05) is 0 Å². The van der Waals surface area contributed by atoms with Gasteiger partial charge in [-0.2, -0.15) is 0 Å². The highest BCUT2D eigenvalue weighted by molar-refractivity contribution is 4.86. The highest BCUT2D eigenvalue weighted by Crippen LogP contribution is 2.38. The molecule has 1 aliphatic rings. The lowest BCUT2D eigenvalue weighted by Gasteiger charge is -2.39. The van der Waals surface area contributed by atoms with Crippen molar-refractivity contribution in [3.05, 3.63) is 0 Å². The van der Waals surface area contributed by atoms with Crippen LogP contribution in [0.5, 0.6) is 0 Å². The first kappa shape index (κ1) is 16.9. The summed E-state index contributed by atoms with van der Waals surface area (Å²) < 4.78 is 11.3. The fraction of sp³-hybridized carbons (Fsp3) is 1.00. The van der Waals surface area contributed by atoms with Crippen molar-refractivity contribution >= 4 is 0 Å². The third-order valence-electron chi connectivity index (χ3n) is 3.99. The van der Waals surface area contributed by atoms with Crippen molar-refractivity contribution in [2.75, 3.05) is 19.8 Å². The van der Waals surface area contributed by atoms with Crippen LogP contribution >= 0.6 is 0 Å². The largest absolute Gasteiger partial charge is 0.390 e. The number of hydrogen-bond donors (Lipinski definition) is 1. The molecule has 0 spiro atoms. The molecule has 1 rings (SSSR count). The molecule has 114 valence electrons. The first-order valence-electron chi connectivity index (χ1n) is 7.68. The van der Waals surface area contributed by atoms with Crippen molar-refractivity contribution in [1.82, 2.24) is 0 Å². The second-order valence-electron chi connectivity index (χ2n) is 7.32. The topological polar surface area (TPSA) is 38.7 Å². The van der Waals surface area contributed by atoms with Crippen LogP contribution in [0.4, 0.5) is 0 Å². The molecular formula is C16H32O3. The van der Waals surface area contributed by atoms with Gasteiger partial charge in [0.1, 0.15) is 0 Å². The molecule has 0 aromatic rings. The zero-order valence-corrected chi connectivity index (χ0v) is 13.3. The Balaban J connectivity index is 2.27. The standard InChI is InChI=1S/C16H32O3/c1-12(2)11-18-8-9-19-15-10-13(16(3,4)5)6-7-14(15)17/h12-15,17H,6-11H2,1-5H3. The van der Waals surface area contributed by atoms with E-state index in [1.165, 1.54) is 0 Å². The van der Waals surface area contributed by atoms with E-state index in [4.69, 9.17) is 9.47 Å². The lowest BCUT2D eigenvalue weighted by Crippen LogP contribution is -2.40. The summed E-state index contributed by atoms with van der Waals surface area (Å²) in [7, 11) is 0. The van der Waals surface area contributed by atoms with Crippen LogP contribution < -0.4 is 0 Å². The molecular weight excluding hydrogens is 240 g/mol. The van der Waals surface area contributed by atoms with E-state index in [-0.39, 0.29) is 12.2 Å². The number of ether oxygens (including phenoxy) is 2. The molecule has 3 atom stereocenters. The van der Waals surface area contributed by atoms with Gasteiger partial charge in [-0.05, 0) is 36.5 Å². The smallest absolute Gasteiger partial charge is 0.0837 e. The van der Waals surface area contributed by atoms with Gasteiger partial charge < -0.3 is 14.6 Å². The summed E-state index contributed by atoms with van der Waals surface area (Å²) in [4.78, 5) is 0. The molecule has 19 heavy (non-hydrogen) atoms. The average molecular weight is 272 g/mol. The van der Waals surface area contributed by atoms with Gasteiger partial charge in [-0.25, -0.2) is 0 Å². The van der Waals surface area contributed by atoms with Crippen molar-refractivity contribution in [2.24, 2.45) is 17.3 Å². The third kappa shape index (κ3) is 6.24. The van der Waals surface area contributed by atoms with Crippen LogP contribution in [-0.2, 0) is 9.47 Å². The lowest BCUT2D eigenvalue weighted by molar-refractivity contribution is -0.0956. The minimum Gasteiger partial charge on any atom is -0.390 e. The molecule has 3 unspecified atom stereocenters. The molecule has 1 saturated carbocycles. The maximum absolute atomic E-state index is 10.0. The van der Waals surface area contributed by atoms with E-state index in [9.17, 15) is 5.11 Å². The third-order valence-corrected chi connectivity index (χ3v) is 3.99. The van der Waals surface area contributed by atoms with E-state index in [1.54, 1.807) is 0 Å². The van der Waals surface area contributed by atoms with Crippen LogP contribution in [-0.4, -0.2) is 37.1 Å². The maximum atomic E-state index is 10.0. The van der Waals surface area contributed by atoms with Crippen LogP contribution in [0.15, 0.2) is 0 Å². The zero-order chi connectivity index (χ0) is 14.5. The molecule has 3 nitrogen and oxygen atoms in total. The normalized spacial score (nSPS) is 28.9. The van der Waals surface area contributed by atoms with E-state index in [0.29, 0.717) is 30.5 Å². The summed E-state index contributed by atoms with van der Waals surface area (Å²) >= 11 is 0. The number of aliphatic hydroxyl groups is 1. The molecule has 3 heteroatoms. The average Bonchev–Trinajstić information content (AvgIpc) is 2.29. The fourth-order valence-corrected chi connectivity index (χ4v) is 2.66. The van der Waals surface area contributed by atoms with Gasteiger partial charge in [0.25, 0.3) is 0 Å². The number of aliphatic hydroxyl groups excluding tert-OH is 1. The molecule has 0 bridgehead atoms. The summed E-state index contributed by atoms with van der Waals surface area (Å²) in [5.41, 5.74) is 0.301. The molecule has 1 fully saturated rings. The van der Waals surface area contributed by atoms with Crippen LogP contribution in [0.1, 0.15) is 53.9 Å². The molecule has 0 aromatic carbocycles. The van der Waals surface area contributed by atoms with Gasteiger partial charge in [-0.3, -0.25) is 0 Å². The van der Waals surface area contributed by atoms with Crippen LogP contribution in [0.25, 0.3) is 0 Å². The molecule has 1 aliphatic carbocycles. The Morgan fingerprint density at radius 1 is 1.16 bits per heavy atom. The van der Waals surface area contributed by atoms with E-state index >= 15 is 0 Å². The van der Waals surface area contributed by atoms with Crippen LogP contribution in [0.3, 0.4) is 0 Å². The van der Waals surface area contributed by atoms with Crippen molar-refractivity contribution in [3.8, 4) is 0 Å². The predicted molar refractivity (Wildman–Crippen MR) is 78.2 cm³/mol. The molecule has 0 radical (unpaired) electrons. The first-order valence-corrected chi connectivity index (χ1v) is 7.68. The summed E-state index contributed by atoms with van der Waals surface area (Å²) in [6.45, 7) is 13.1. The Labute approximate surface area is 118 Å². The summed E-state index contributed by atoms with van der Waals surface area (Å²) in [6.07, 6.45) is 2.62. The van der Waals surface area contributed by atoms with Crippen molar-refractivity contribution in [2.45, 2.75) is 66.1 Å². The van der Waals surface area contributed by atoms with Crippen molar-refractivity contribution < 1.29 is 14.6 Å². The first-order chi connectivity index (χ1) is 8.80. The van der Waals surface area contributed by atoms with Crippen LogP contribution in [0, 0.1) is 17.3 Å². The molecule has 1 N–H and O–H groups in total. The van der Waals surface area contributed by atoms with E-state index in [0.717, 1.165) is 25.9 Å². The van der Waals surface area contributed by atoms with Crippen molar-refractivity contribution in [3.63, 3.8) is 0 Å². The molecule has 0 saturated heterocycles. The minimum absolute atomic E-state index is 0.0133. The van der Waals surface area contributed by atoms with Gasteiger partial charge in [-0.1, -0.05) is 34.6 Å². The Morgan fingerprint density at radius 2 is 1.84 bits per heavy atom. The van der Waals surface area contributed by atoms with Crippen molar-refractivity contribution in [1.29, 1.82) is 0 Å². The van der Waals surface area contributed by atoms with Crippen LogP contribution in [0.2, 0.25) is 0 Å². The summed E-state index contributed by atoms with van der Waals surface area (Å²) in [6, 6.07) is 0. The van der Waals surface area contributed by atoms with E-state index < -0.39 is 0 Å². The monoisotopic (exact) mass is 272 g/mol. The maximum Gasteiger partial charge on any atom is 0.0837 e. The SMILES string of the molecule is CC(C)COCCOC1CC(C(C)(C)C)CCC1O. The zero-order valence-electron chi connectivity index (χ0n) is 13.3. The molecule has 0 aliphatic heterocycles. The predicted octanol–water partition coefficient (Wildman–Crippen LogP) is 3.25. The minimum atomic E-state index is -0.302. The number of rotatable bonds is 6. The second kappa shape index (κ2) is 7.61. The van der Waals surface area contributed by atoms with Gasteiger partial charge >= 0.3 is 0 Å². The Bertz CT molecular complexity index is 245. The second-order valence-corrected chi connectivity index (χ2v) is 7.32. The van der Waals surface area contributed by atoms with E-state index in [2.05, 4.69) is 34.6 Å². The summed E-state index contributed by atoms with van der Waals surface area (Å²) in [5.74, 6) is 1.20. The van der Waals surface area contributed by atoms with Gasteiger partial charge in [0.15, 0.2) is 0 Å². The summed E-state index contributed by atoms with van der Waals surface area (Å²) in [5, 5.41) is 10.0. The molecule has 0 amide bonds. The van der Waals surface area contributed by atoms with Gasteiger partial charge in [0.05, 0.1) is 25.4 Å². The van der Waals surface area contributed by atoms with Gasteiger partial charge in [-0.15, -0.1) is 0 Å². The Hall–Kier alpha value is -0.120. The van der Waals surface area contributed by atoms with Gasteiger partial charge in [0, 0.05) is 6.61 Å². The Morgan fingerprint density at radius 3 is 2.42 bits per heavy atom. The highest BCUT2D eigenvalue weighted by Gasteiger charge is 2.35. The fourth-order valence-electron chi connectivity index (χ4n) is 2.66. The number of hydrogen-bond acceptors (Lipinski definition) is 3. The highest BCUT2D eigenvalue weighted by atomic mass is 16.5.